The van der Waals surface area contributed by atoms with Gasteiger partial charge in [0.15, 0.2) is 12.6 Å². The first-order valence-electron chi connectivity index (χ1n) is 12.7. The van der Waals surface area contributed by atoms with Crippen LogP contribution in [0.2, 0.25) is 10.0 Å². The molecule has 0 radical (unpaired) electrons. The van der Waals surface area contributed by atoms with Crippen molar-refractivity contribution >= 4 is 59.3 Å². The van der Waals surface area contributed by atoms with Gasteiger partial charge >= 0.3 is 0 Å². The molecule has 0 atom stereocenters. The van der Waals surface area contributed by atoms with Crippen molar-refractivity contribution in [3.8, 4) is 11.5 Å². The average molecular weight is 612 g/mol. The normalized spacial score (nSPS) is 10.8. The Morgan fingerprint density at radius 3 is 1.35 bits per heavy atom. The molecule has 8 heteroatoms. The van der Waals surface area contributed by atoms with Crippen molar-refractivity contribution in [1.82, 2.24) is 0 Å². The molecule has 0 aliphatic heterocycles. The summed E-state index contributed by atoms with van der Waals surface area (Å²) < 4.78 is 11.7. The van der Waals surface area contributed by atoms with E-state index in [0.717, 1.165) is 57.8 Å². The third-order valence-electron chi connectivity index (χ3n) is 5.89. The number of thioether (sulfide) groups is 2. The van der Waals surface area contributed by atoms with E-state index in [2.05, 4.69) is 0 Å². The molecule has 206 valence electrons. The molecule has 0 bridgehead atoms. The Bertz CT molecular complexity index is 1300. The minimum absolute atomic E-state index is 0.463. The van der Waals surface area contributed by atoms with Gasteiger partial charge < -0.3 is 9.47 Å². The van der Waals surface area contributed by atoms with Crippen LogP contribution in [0.1, 0.15) is 44.7 Å². The first-order valence-corrected chi connectivity index (χ1v) is 15.5. The summed E-state index contributed by atoms with van der Waals surface area (Å²) in [4.78, 5) is 25.5. The van der Waals surface area contributed by atoms with Crippen molar-refractivity contribution in [2.24, 2.45) is 0 Å². The molecule has 0 aliphatic carbocycles. The van der Waals surface area contributed by atoms with Crippen LogP contribution in [-0.4, -0.2) is 25.8 Å². The van der Waals surface area contributed by atoms with Gasteiger partial charge in [0.05, 0.1) is 24.3 Å². The lowest BCUT2D eigenvalue weighted by atomic mass is 10.1. The molecule has 0 aromatic heterocycles. The fourth-order valence-electron chi connectivity index (χ4n) is 3.79. The third kappa shape index (κ3) is 9.34. The van der Waals surface area contributed by atoms with Gasteiger partial charge in [0.1, 0.15) is 11.5 Å². The maximum atomic E-state index is 11.6. The molecule has 0 N–H and O–H groups in total. The van der Waals surface area contributed by atoms with Crippen molar-refractivity contribution in [2.75, 3.05) is 13.2 Å². The summed E-state index contributed by atoms with van der Waals surface area (Å²) in [7, 11) is 0. The van der Waals surface area contributed by atoms with Gasteiger partial charge in [-0.3, -0.25) is 9.59 Å². The summed E-state index contributed by atoms with van der Waals surface area (Å²) >= 11 is 15.3. The van der Waals surface area contributed by atoms with Gasteiger partial charge in [-0.05, 0) is 96.8 Å². The monoisotopic (exact) mass is 610 g/mol. The van der Waals surface area contributed by atoms with Crippen LogP contribution in [0.4, 0.5) is 0 Å². The number of aldehydes is 2. The van der Waals surface area contributed by atoms with Crippen LogP contribution >= 0.6 is 46.7 Å². The lowest BCUT2D eigenvalue weighted by Crippen LogP contribution is -2.05. The molecule has 0 saturated carbocycles. The van der Waals surface area contributed by atoms with Gasteiger partial charge in [0.2, 0.25) is 0 Å². The molecule has 0 aliphatic rings. The second-order valence-electron chi connectivity index (χ2n) is 8.87. The molecular formula is C32H28Cl2O4S2. The van der Waals surface area contributed by atoms with Gasteiger partial charge in [-0.25, -0.2) is 0 Å². The van der Waals surface area contributed by atoms with Gasteiger partial charge in [-0.2, -0.15) is 0 Å². The van der Waals surface area contributed by atoms with Crippen LogP contribution in [0.5, 0.6) is 11.5 Å². The van der Waals surface area contributed by atoms with E-state index < -0.39 is 0 Å². The third-order valence-corrected chi connectivity index (χ3v) is 8.56. The first kappa shape index (κ1) is 30.1. The Morgan fingerprint density at radius 2 is 0.975 bits per heavy atom. The summed E-state index contributed by atoms with van der Waals surface area (Å²) in [5.74, 6) is 2.63. The van der Waals surface area contributed by atoms with Crippen LogP contribution in [0.25, 0.3) is 0 Å². The van der Waals surface area contributed by atoms with Crippen LogP contribution in [-0.2, 0) is 11.5 Å². The highest BCUT2D eigenvalue weighted by atomic mass is 35.5. The molecule has 0 saturated heterocycles. The molecule has 0 unspecified atom stereocenters. The van der Waals surface area contributed by atoms with E-state index in [9.17, 15) is 9.59 Å². The van der Waals surface area contributed by atoms with Gasteiger partial charge in [0.25, 0.3) is 0 Å². The number of carbonyl (C=O) groups is 2. The molecule has 4 rings (SSSR count). The van der Waals surface area contributed by atoms with Gasteiger partial charge in [-0.15, -0.1) is 23.5 Å². The SMILES string of the molecule is O=Cc1cc(CSc2ccc(Cl)cc2)ccc1OCCCCOc1ccc(CSc2ccc(Cl)cc2)cc1C=O. The van der Waals surface area contributed by atoms with E-state index in [1.165, 1.54) is 0 Å². The Kier molecular flexibility index (Phi) is 11.9. The summed E-state index contributed by atoms with van der Waals surface area (Å²) in [5, 5.41) is 1.42. The number of hydrogen-bond donors (Lipinski definition) is 0. The molecule has 0 fully saturated rings. The molecule has 4 aromatic rings. The second kappa shape index (κ2) is 15.8. The maximum Gasteiger partial charge on any atom is 0.153 e. The average Bonchev–Trinajstić information content (AvgIpc) is 2.99. The largest absolute Gasteiger partial charge is 0.493 e. The molecule has 0 heterocycles. The smallest absolute Gasteiger partial charge is 0.153 e. The van der Waals surface area contributed by atoms with Crippen molar-refractivity contribution in [1.29, 1.82) is 0 Å². The Hall–Kier alpha value is -2.90. The Morgan fingerprint density at radius 1 is 0.575 bits per heavy atom. The summed E-state index contributed by atoms with van der Waals surface area (Å²) in [6, 6.07) is 26.8. The number of rotatable bonds is 15. The predicted molar refractivity (Wildman–Crippen MR) is 166 cm³/mol. The van der Waals surface area contributed by atoms with E-state index >= 15 is 0 Å². The lowest BCUT2D eigenvalue weighted by Gasteiger charge is -2.12. The van der Waals surface area contributed by atoms with Gasteiger partial charge in [-0.1, -0.05) is 35.3 Å². The summed E-state index contributed by atoms with van der Waals surface area (Å²) in [6.07, 6.45) is 3.15. The van der Waals surface area contributed by atoms with Crippen molar-refractivity contribution in [3.63, 3.8) is 0 Å². The highest BCUT2D eigenvalue weighted by molar-refractivity contribution is 7.98. The van der Waals surface area contributed by atoms with E-state index in [1.807, 2.05) is 84.9 Å². The van der Waals surface area contributed by atoms with E-state index in [-0.39, 0.29) is 0 Å². The maximum absolute atomic E-state index is 11.6. The second-order valence-corrected chi connectivity index (χ2v) is 11.8. The van der Waals surface area contributed by atoms with Gasteiger partial charge in [0, 0.05) is 31.3 Å². The minimum Gasteiger partial charge on any atom is -0.493 e. The van der Waals surface area contributed by atoms with Crippen LogP contribution in [0, 0.1) is 0 Å². The molecule has 4 nitrogen and oxygen atoms in total. The molecular weight excluding hydrogens is 583 g/mol. The standard InChI is InChI=1S/C32H28Cl2O4S2/c33-27-5-9-29(10-6-27)39-21-23-3-13-31(25(17-23)19-35)37-15-1-2-16-38-32-14-4-24(18-26(32)20-36)22-40-30-11-7-28(34)8-12-30/h3-14,17-20H,1-2,15-16,21-22H2. The minimum atomic E-state index is 0.463. The number of halogens is 2. The molecule has 40 heavy (non-hydrogen) atoms. The quantitative estimate of drug-likeness (QED) is 0.0759. The number of carbonyl (C=O) groups excluding carboxylic acids is 2. The van der Waals surface area contributed by atoms with Crippen LogP contribution < -0.4 is 9.47 Å². The topological polar surface area (TPSA) is 52.6 Å². The molecule has 0 spiro atoms. The zero-order valence-corrected chi connectivity index (χ0v) is 24.8. The van der Waals surface area contributed by atoms with Crippen LogP contribution in [0.15, 0.2) is 94.7 Å². The van der Waals surface area contributed by atoms with Crippen LogP contribution in [0.3, 0.4) is 0 Å². The fraction of sp³-hybridized carbons (Fsp3) is 0.188. The lowest BCUT2D eigenvalue weighted by molar-refractivity contribution is 0.111. The fourth-order valence-corrected chi connectivity index (χ4v) is 5.72. The van der Waals surface area contributed by atoms with E-state index in [0.29, 0.717) is 45.9 Å². The number of hydrogen-bond acceptors (Lipinski definition) is 6. The highest BCUT2D eigenvalue weighted by Crippen LogP contribution is 2.28. The Balaban J connectivity index is 1.19. The first-order chi connectivity index (χ1) is 19.5. The van der Waals surface area contributed by atoms with E-state index in [1.54, 1.807) is 23.5 Å². The Labute approximate surface area is 253 Å². The number of ether oxygens (including phenoxy) is 2. The van der Waals surface area contributed by atoms with Crippen molar-refractivity contribution in [2.45, 2.75) is 34.1 Å². The van der Waals surface area contributed by atoms with E-state index in [4.69, 9.17) is 32.7 Å². The number of benzene rings is 4. The zero-order chi connectivity index (χ0) is 28.2. The highest BCUT2D eigenvalue weighted by Gasteiger charge is 2.08. The zero-order valence-electron chi connectivity index (χ0n) is 21.7. The molecule has 4 aromatic carbocycles. The number of unbranched alkanes of at least 4 members (excludes halogenated alkanes) is 1. The summed E-state index contributed by atoms with van der Waals surface area (Å²) in [6.45, 7) is 0.926. The molecule has 0 amide bonds. The van der Waals surface area contributed by atoms with Crippen molar-refractivity contribution in [3.05, 3.63) is 117 Å². The predicted octanol–water partition coefficient (Wildman–Crippen LogP) is 9.44. The van der Waals surface area contributed by atoms with Crippen molar-refractivity contribution < 1.29 is 19.1 Å². The summed E-state index contributed by atoms with van der Waals surface area (Å²) in [5.41, 5.74) is 3.16.